The summed E-state index contributed by atoms with van der Waals surface area (Å²) in [5, 5.41) is 2.23. The van der Waals surface area contributed by atoms with Crippen LogP contribution in [0.3, 0.4) is 0 Å². The maximum absolute atomic E-state index is 14.0. The van der Waals surface area contributed by atoms with Gasteiger partial charge >= 0.3 is 0 Å². The fraction of sp³-hybridized carbons (Fsp3) is 0.278. The smallest absolute Gasteiger partial charge is 0.261 e. The number of carbonyl (C=O) groups excluding carboxylic acids is 1. The molecular formula is C18H16F4N2O3. The normalized spacial score (nSPS) is 14.2. The van der Waals surface area contributed by atoms with Crippen LogP contribution in [0.5, 0.6) is 5.75 Å². The van der Waals surface area contributed by atoms with Crippen molar-refractivity contribution in [3.05, 3.63) is 53.1 Å². The number of amides is 1. The van der Waals surface area contributed by atoms with Gasteiger partial charge in [0.1, 0.15) is 5.56 Å². The minimum Gasteiger partial charge on any atom is -0.491 e. The highest BCUT2D eigenvalue weighted by molar-refractivity contribution is 6.04. The zero-order valence-electron chi connectivity index (χ0n) is 14.3. The minimum atomic E-state index is -1.83. The van der Waals surface area contributed by atoms with E-state index < -0.39 is 40.5 Å². The van der Waals surface area contributed by atoms with Crippen LogP contribution in [-0.4, -0.2) is 39.3 Å². The van der Waals surface area contributed by atoms with E-state index in [1.165, 1.54) is 12.1 Å². The van der Waals surface area contributed by atoms with Crippen molar-refractivity contribution in [2.75, 3.05) is 43.6 Å². The van der Waals surface area contributed by atoms with Crippen LogP contribution in [0.4, 0.5) is 28.9 Å². The molecule has 0 unspecified atom stereocenters. The molecule has 1 fully saturated rings. The first-order valence-corrected chi connectivity index (χ1v) is 8.08. The summed E-state index contributed by atoms with van der Waals surface area (Å²) in [5.74, 6) is -9.74. The molecule has 1 heterocycles. The number of rotatable bonds is 4. The Morgan fingerprint density at radius 3 is 2.07 bits per heavy atom. The average molecular weight is 384 g/mol. The van der Waals surface area contributed by atoms with Crippen LogP contribution >= 0.6 is 0 Å². The molecule has 0 aromatic heterocycles. The summed E-state index contributed by atoms with van der Waals surface area (Å²) >= 11 is 0. The van der Waals surface area contributed by atoms with Crippen LogP contribution in [0.15, 0.2) is 24.3 Å². The Morgan fingerprint density at radius 1 is 1.00 bits per heavy atom. The summed E-state index contributed by atoms with van der Waals surface area (Å²) in [7, 11) is 0.857. The van der Waals surface area contributed by atoms with E-state index in [4.69, 9.17) is 4.74 Å². The minimum absolute atomic E-state index is 0.215. The molecule has 3 rings (SSSR count). The van der Waals surface area contributed by atoms with Crippen LogP contribution in [0.2, 0.25) is 0 Å². The summed E-state index contributed by atoms with van der Waals surface area (Å²) in [6.45, 7) is 2.64. The highest BCUT2D eigenvalue weighted by Crippen LogP contribution is 2.30. The SMILES string of the molecule is COc1c(F)c(F)c(C(=O)Nc2ccc(N3CCOCC3)cc2)c(F)c1F. The fourth-order valence-electron chi connectivity index (χ4n) is 2.76. The van der Waals surface area contributed by atoms with E-state index in [-0.39, 0.29) is 5.69 Å². The molecule has 0 spiro atoms. The number of benzene rings is 2. The third kappa shape index (κ3) is 3.68. The van der Waals surface area contributed by atoms with Gasteiger partial charge in [-0.1, -0.05) is 0 Å². The second-order valence-electron chi connectivity index (χ2n) is 5.76. The molecule has 0 saturated carbocycles. The maximum atomic E-state index is 14.0. The molecule has 0 atom stereocenters. The Bertz CT molecular complexity index is 824. The van der Waals surface area contributed by atoms with E-state index in [9.17, 15) is 22.4 Å². The van der Waals surface area contributed by atoms with Crippen molar-refractivity contribution in [2.24, 2.45) is 0 Å². The number of hydrogen-bond acceptors (Lipinski definition) is 4. The summed E-state index contributed by atoms with van der Waals surface area (Å²) < 4.78 is 65.1. The van der Waals surface area contributed by atoms with E-state index in [1.807, 2.05) is 0 Å². The first-order valence-electron chi connectivity index (χ1n) is 8.08. The predicted octanol–water partition coefficient (Wildman–Crippen LogP) is 3.34. The lowest BCUT2D eigenvalue weighted by molar-refractivity contribution is 0.101. The van der Waals surface area contributed by atoms with Crippen LogP contribution < -0.4 is 15.0 Å². The van der Waals surface area contributed by atoms with Gasteiger partial charge in [-0.15, -0.1) is 0 Å². The molecule has 1 aliphatic rings. The van der Waals surface area contributed by atoms with Gasteiger partial charge in [-0.05, 0) is 24.3 Å². The van der Waals surface area contributed by atoms with Gasteiger partial charge in [0.05, 0.1) is 20.3 Å². The number of anilines is 2. The molecule has 27 heavy (non-hydrogen) atoms. The Morgan fingerprint density at radius 2 is 1.56 bits per heavy atom. The van der Waals surface area contributed by atoms with E-state index >= 15 is 0 Å². The molecule has 1 aliphatic heterocycles. The first kappa shape index (κ1) is 19.0. The number of halogens is 4. The topological polar surface area (TPSA) is 50.8 Å². The van der Waals surface area contributed by atoms with Crippen LogP contribution in [-0.2, 0) is 4.74 Å². The Balaban J connectivity index is 1.81. The van der Waals surface area contributed by atoms with Crippen molar-refractivity contribution in [3.63, 3.8) is 0 Å². The standard InChI is InChI=1S/C18H16F4N2O3/c1-26-17-15(21)13(19)12(14(20)16(17)22)18(25)23-10-2-4-11(5-3-10)24-6-8-27-9-7-24/h2-5H,6-9H2,1H3,(H,23,25). The number of nitrogens with zero attached hydrogens (tertiary/aromatic N) is 1. The van der Waals surface area contributed by atoms with Gasteiger partial charge in [-0.25, -0.2) is 8.78 Å². The van der Waals surface area contributed by atoms with E-state index in [1.54, 1.807) is 12.1 Å². The summed E-state index contributed by atoms with van der Waals surface area (Å²) in [6, 6.07) is 6.47. The van der Waals surface area contributed by atoms with Gasteiger partial charge in [0.25, 0.3) is 5.91 Å². The monoisotopic (exact) mass is 384 g/mol. The van der Waals surface area contributed by atoms with Gasteiger partial charge in [0, 0.05) is 24.5 Å². The highest BCUT2D eigenvalue weighted by atomic mass is 19.2. The molecule has 1 N–H and O–H groups in total. The number of nitrogens with one attached hydrogen (secondary N) is 1. The van der Waals surface area contributed by atoms with Crippen LogP contribution in [0.1, 0.15) is 10.4 Å². The van der Waals surface area contributed by atoms with E-state index in [0.29, 0.717) is 26.3 Å². The molecular weight excluding hydrogens is 368 g/mol. The Kier molecular flexibility index (Phi) is 5.50. The van der Waals surface area contributed by atoms with Gasteiger partial charge in [0.2, 0.25) is 11.6 Å². The van der Waals surface area contributed by atoms with Crippen molar-refractivity contribution >= 4 is 17.3 Å². The van der Waals surface area contributed by atoms with Gasteiger partial charge in [-0.2, -0.15) is 8.78 Å². The second-order valence-corrected chi connectivity index (χ2v) is 5.76. The van der Waals surface area contributed by atoms with E-state index in [0.717, 1.165) is 12.8 Å². The van der Waals surface area contributed by atoms with Gasteiger partial charge in [-0.3, -0.25) is 4.79 Å². The van der Waals surface area contributed by atoms with Gasteiger partial charge < -0.3 is 19.7 Å². The fourth-order valence-corrected chi connectivity index (χ4v) is 2.76. The third-order valence-electron chi connectivity index (χ3n) is 4.16. The third-order valence-corrected chi connectivity index (χ3v) is 4.16. The van der Waals surface area contributed by atoms with Crippen molar-refractivity contribution in [1.29, 1.82) is 0 Å². The molecule has 1 amide bonds. The van der Waals surface area contributed by atoms with Crippen molar-refractivity contribution in [1.82, 2.24) is 0 Å². The molecule has 144 valence electrons. The lowest BCUT2D eigenvalue weighted by Gasteiger charge is -2.28. The molecule has 2 aromatic carbocycles. The maximum Gasteiger partial charge on any atom is 0.261 e. The quantitative estimate of drug-likeness (QED) is 0.649. The lowest BCUT2D eigenvalue weighted by Crippen LogP contribution is -2.36. The number of methoxy groups -OCH3 is 1. The van der Waals surface area contributed by atoms with Crippen LogP contribution in [0, 0.1) is 23.3 Å². The zero-order chi connectivity index (χ0) is 19.6. The van der Waals surface area contributed by atoms with Crippen molar-refractivity contribution in [2.45, 2.75) is 0 Å². The molecule has 0 bridgehead atoms. The summed E-state index contributed by atoms with van der Waals surface area (Å²) in [4.78, 5) is 14.2. The molecule has 0 aliphatic carbocycles. The first-order chi connectivity index (χ1) is 12.9. The van der Waals surface area contributed by atoms with E-state index in [2.05, 4.69) is 15.0 Å². The molecule has 9 heteroatoms. The highest BCUT2D eigenvalue weighted by Gasteiger charge is 2.30. The lowest BCUT2D eigenvalue weighted by atomic mass is 10.1. The number of morpholine rings is 1. The second kappa shape index (κ2) is 7.83. The Hall–Kier alpha value is -2.81. The van der Waals surface area contributed by atoms with Gasteiger partial charge in [0.15, 0.2) is 17.4 Å². The largest absolute Gasteiger partial charge is 0.491 e. The molecule has 0 radical (unpaired) electrons. The summed E-state index contributed by atoms with van der Waals surface area (Å²) in [6.07, 6.45) is 0. The Labute approximate surface area is 152 Å². The molecule has 1 saturated heterocycles. The average Bonchev–Trinajstić information content (AvgIpc) is 2.68. The number of ether oxygens (including phenoxy) is 2. The van der Waals surface area contributed by atoms with Crippen molar-refractivity contribution < 1.29 is 31.8 Å². The summed E-state index contributed by atoms with van der Waals surface area (Å²) in [5.41, 5.74) is -0.259. The zero-order valence-corrected chi connectivity index (χ0v) is 14.3. The number of hydrogen-bond donors (Lipinski definition) is 1. The van der Waals surface area contributed by atoms with Crippen molar-refractivity contribution in [3.8, 4) is 5.75 Å². The number of carbonyl (C=O) groups is 1. The van der Waals surface area contributed by atoms with Crippen LogP contribution in [0.25, 0.3) is 0 Å². The predicted molar refractivity (Wildman–Crippen MR) is 90.3 cm³/mol. The molecule has 5 nitrogen and oxygen atoms in total. The molecule has 2 aromatic rings.